The van der Waals surface area contributed by atoms with E-state index in [9.17, 15) is 26.7 Å². The SMILES string of the molecule is CC(C)(C)n1ncc2c1-c1cc(F)c(F)cc1N(C(=O)c1ccc(C(F)(F)F)cc1)C2C1CC1. The van der Waals surface area contributed by atoms with Crippen LogP contribution in [0.5, 0.6) is 0 Å². The van der Waals surface area contributed by atoms with Crippen molar-refractivity contribution in [2.45, 2.75) is 51.4 Å². The number of hydrogen-bond acceptors (Lipinski definition) is 2. The maximum absolute atomic E-state index is 14.4. The number of carbonyl (C=O) groups excluding carboxylic acids is 1. The van der Waals surface area contributed by atoms with E-state index in [1.54, 1.807) is 10.9 Å². The highest BCUT2D eigenvalue weighted by Crippen LogP contribution is 2.54. The number of carbonyl (C=O) groups is 1. The number of rotatable bonds is 2. The number of anilines is 1. The Bertz CT molecular complexity index is 1280. The summed E-state index contributed by atoms with van der Waals surface area (Å²) in [7, 11) is 0. The molecule has 2 heterocycles. The van der Waals surface area contributed by atoms with Gasteiger partial charge in [0.1, 0.15) is 0 Å². The molecule has 1 aliphatic carbocycles. The summed E-state index contributed by atoms with van der Waals surface area (Å²) in [5.74, 6) is -2.66. The van der Waals surface area contributed by atoms with E-state index in [2.05, 4.69) is 5.10 Å². The number of hydrogen-bond donors (Lipinski definition) is 0. The third kappa shape index (κ3) is 3.58. The minimum absolute atomic E-state index is 0.0287. The van der Waals surface area contributed by atoms with Crippen molar-refractivity contribution in [3.63, 3.8) is 0 Å². The molecule has 2 aliphatic rings. The van der Waals surface area contributed by atoms with Crippen molar-refractivity contribution in [1.29, 1.82) is 0 Å². The second kappa shape index (κ2) is 7.38. The van der Waals surface area contributed by atoms with E-state index in [0.29, 0.717) is 11.3 Å². The van der Waals surface area contributed by atoms with Crippen LogP contribution in [0.2, 0.25) is 0 Å². The van der Waals surface area contributed by atoms with Crippen molar-refractivity contribution in [1.82, 2.24) is 9.78 Å². The Labute approximate surface area is 193 Å². The molecule has 34 heavy (non-hydrogen) atoms. The minimum Gasteiger partial charge on any atom is -0.300 e. The molecule has 3 aromatic rings. The molecule has 4 nitrogen and oxygen atoms in total. The van der Waals surface area contributed by atoms with E-state index in [0.717, 1.165) is 54.8 Å². The van der Waals surface area contributed by atoms with Crippen LogP contribution < -0.4 is 4.90 Å². The fourth-order valence-electron chi connectivity index (χ4n) is 4.62. The fourth-order valence-corrected chi connectivity index (χ4v) is 4.62. The van der Waals surface area contributed by atoms with Gasteiger partial charge in [-0.2, -0.15) is 18.3 Å². The van der Waals surface area contributed by atoms with Gasteiger partial charge >= 0.3 is 6.18 Å². The predicted molar refractivity (Wildman–Crippen MR) is 116 cm³/mol. The molecular formula is C25H22F5N3O. The summed E-state index contributed by atoms with van der Waals surface area (Å²) in [6.07, 6.45) is -1.21. The van der Waals surface area contributed by atoms with Crippen molar-refractivity contribution in [3.05, 3.63) is 70.9 Å². The van der Waals surface area contributed by atoms with Crippen LogP contribution in [-0.2, 0) is 11.7 Å². The highest BCUT2D eigenvalue weighted by atomic mass is 19.4. The summed E-state index contributed by atoms with van der Waals surface area (Å²) in [6.45, 7) is 5.81. The summed E-state index contributed by atoms with van der Waals surface area (Å²) in [4.78, 5) is 15.1. The molecule has 1 saturated carbocycles. The van der Waals surface area contributed by atoms with Crippen LogP contribution in [0.1, 0.15) is 61.1 Å². The number of halogens is 5. The van der Waals surface area contributed by atoms with Gasteiger partial charge in [-0.3, -0.25) is 14.4 Å². The Morgan fingerprint density at radius 2 is 1.62 bits per heavy atom. The molecular weight excluding hydrogens is 453 g/mol. The standard InChI is InChI=1S/C25H22F5N3O/c1-24(2,3)33-22-16-10-18(26)19(27)11-20(16)32(21(13-4-5-13)17(22)12-31-33)23(34)14-6-8-15(9-7-14)25(28,29)30/h6-13,21H,4-5H2,1-3H3. The molecule has 2 aromatic carbocycles. The fraction of sp³-hybridized carbons (Fsp3) is 0.360. The molecule has 1 amide bonds. The zero-order valence-corrected chi connectivity index (χ0v) is 18.8. The summed E-state index contributed by atoms with van der Waals surface area (Å²) in [5, 5.41) is 4.52. The normalized spacial score (nSPS) is 18.0. The van der Waals surface area contributed by atoms with Gasteiger partial charge in [0.2, 0.25) is 0 Å². The van der Waals surface area contributed by atoms with Gasteiger partial charge in [0.25, 0.3) is 5.91 Å². The van der Waals surface area contributed by atoms with Gasteiger partial charge < -0.3 is 0 Å². The molecule has 1 atom stereocenters. The van der Waals surface area contributed by atoms with Crippen LogP contribution in [-0.4, -0.2) is 15.7 Å². The lowest BCUT2D eigenvalue weighted by atomic mass is 9.89. The van der Waals surface area contributed by atoms with E-state index < -0.39 is 40.9 Å². The molecule has 9 heteroatoms. The van der Waals surface area contributed by atoms with Gasteiger partial charge in [-0.15, -0.1) is 0 Å². The number of aromatic nitrogens is 2. The molecule has 1 aliphatic heterocycles. The smallest absolute Gasteiger partial charge is 0.300 e. The monoisotopic (exact) mass is 475 g/mol. The first kappa shape index (κ1) is 22.6. The van der Waals surface area contributed by atoms with Gasteiger partial charge in [0.05, 0.1) is 34.7 Å². The summed E-state index contributed by atoms with van der Waals surface area (Å²) in [6, 6.07) is 5.48. The van der Waals surface area contributed by atoms with Crippen LogP contribution in [0.15, 0.2) is 42.6 Å². The Hall–Kier alpha value is -3.23. The van der Waals surface area contributed by atoms with Crippen molar-refractivity contribution < 1.29 is 26.7 Å². The predicted octanol–water partition coefficient (Wildman–Crippen LogP) is 6.71. The summed E-state index contributed by atoms with van der Waals surface area (Å²) < 4.78 is 69.6. The van der Waals surface area contributed by atoms with Crippen LogP contribution in [0.4, 0.5) is 27.6 Å². The van der Waals surface area contributed by atoms with E-state index in [4.69, 9.17) is 0 Å². The Morgan fingerprint density at radius 3 is 2.18 bits per heavy atom. The van der Waals surface area contributed by atoms with Crippen molar-refractivity contribution in [2.24, 2.45) is 5.92 Å². The highest BCUT2D eigenvalue weighted by molar-refractivity contribution is 6.10. The molecule has 1 unspecified atom stereocenters. The molecule has 1 aromatic heterocycles. The van der Waals surface area contributed by atoms with Crippen LogP contribution >= 0.6 is 0 Å². The number of amides is 1. The summed E-state index contributed by atoms with van der Waals surface area (Å²) in [5.41, 5.74) is 0.525. The second-order valence-corrected chi connectivity index (χ2v) is 9.85. The average Bonchev–Trinajstić information content (AvgIpc) is 3.49. The molecule has 178 valence electrons. The first-order chi connectivity index (χ1) is 15.9. The quantitative estimate of drug-likeness (QED) is 0.386. The largest absolute Gasteiger partial charge is 0.416 e. The lowest BCUT2D eigenvalue weighted by molar-refractivity contribution is -0.137. The lowest BCUT2D eigenvalue weighted by Gasteiger charge is -2.38. The number of nitrogens with zero attached hydrogens (tertiary/aromatic N) is 3. The van der Waals surface area contributed by atoms with Gasteiger partial charge in [-0.25, -0.2) is 8.78 Å². The Morgan fingerprint density at radius 1 is 1.00 bits per heavy atom. The average molecular weight is 475 g/mol. The van der Waals surface area contributed by atoms with E-state index in [-0.39, 0.29) is 17.2 Å². The van der Waals surface area contributed by atoms with Gasteiger partial charge in [-0.05, 0) is 69.9 Å². The maximum atomic E-state index is 14.4. The molecule has 0 bridgehead atoms. The number of alkyl halides is 3. The second-order valence-electron chi connectivity index (χ2n) is 9.85. The third-order valence-corrected chi connectivity index (χ3v) is 6.33. The van der Waals surface area contributed by atoms with E-state index in [1.165, 1.54) is 4.90 Å². The lowest BCUT2D eigenvalue weighted by Crippen LogP contribution is -2.39. The van der Waals surface area contributed by atoms with Crippen molar-refractivity contribution in [3.8, 4) is 11.3 Å². The van der Waals surface area contributed by atoms with Gasteiger partial charge in [-0.1, -0.05) is 0 Å². The van der Waals surface area contributed by atoms with Crippen LogP contribution in [0.25, 0.3) is 11.3 Å². The zero-order valence-electron chi connectivity index (χ0n) is 18.8. The number of fused-ring (bicyclic) bond motifs is 3. The molecule has 0 radical (unpaired) electrons. The summed E-state index contributed by atoms with van der Waals surface area (Å²) >= 11 is 0. The first-order valence-electron chi connectivity index (χ1n) is 11.0. The highest BCUT2D eigenvalue weighted by Gasteiger charge is 2.46. The minimum atomic E-state index is -4.53. The van der Waals surface area contributed by atoms with Crippen molar-refractivity contribution >= 4 is 11.6 Å². The van der Waals surface area contributed by atoms with Crippen LogP contribution in [0, 0.1) is 17.6 Å². The first-order valence-corrected chi connectivity index (χ1v) is 11.0. The van der Waals surface area contributed by atoms with Gasteiger partial charge in [0.15, 0.2) is 11.6 Å². The molecule has 0 spiro atoms. The van der Waals surface area contributed by atoms with E-state index >= 15 is 0 Å². The van der Waals surface area contributed by atoms with Crippen LogP contribution in [0.3, 0.4) is 0 Å². The topological polar surface area (TPSA) is 38.1 Å². The number of benzene rings is 2. The zero-order chi connectivity index (χ0) is 24.6. The van der Waals surface area contributed by atoms with E-state index in [1.807, 2.05) is 20.8 Å². The molecule has 0 N–H and O–H groups in total. The Balaban J connectivity index is 1.70. The molecule has 5 rings (SSSR count). The van der Waals surface area contributed by atoms with Crippen molar-refractivity contribution in [2.75, 3.05) is 4.90 Å². The maximum Gasteiger partial charge on any atom is 0.416 e. The Kier molecular flexibility index (Phi) is 4.90. The third-order valence-electron chi connectivity index (χ3n) is 6.33. The molecule has 0 saturated heterocycles. The molecule has 1 fully saturated rings. The van der Waals surface area contributed by atoms with Gasteiger partial charge in [0, 0.05) is 22.8 Å².